The van der Waals surface area contributed by atoms with Crippen molar-refractivity contribution in [2.75, 3.05) is 34.4 Å². The lowest BCUT2D eigenvalue weighted by Crippen LogP contribution is -2.40. The van der Waals surface area contributed by atoms with Crippen LogP contribution in [0.4, 0.5) is 0 Å². The van der Waals surface area contributed by atoms with Crippen LogP contribution in [0.1, 0.15) is 29.9 Å². The quantitative estimate of drug-likeness (QED) is 0.500. The molecule has 0 saturated carbocycles. The number of rotatable bonds is 8. The maximum Gasteiger partial charge on any atom is 0.241 e. The van der Waals surface area contributed by atoms with Crippen LogP contribution in [0.25, 0.3) is 11.4 Å². The zero-order valence-corrected chi connectivity index (χ0v) is 20.3. The van der Waals surface area contributed by atoms with Crippen LogP contribution in [0.15, 0.2) is 47.0 Å². The van der Waals surface area contributed by atoms with Crippen LogP contribution in [0.3, 0.4) is 0 Å². The van der Waals surface area contributed by atoms with Crippen LogP contribution in [-0.4, -0.2) is 60.2 Å². The van der Waals surface area contributed by atoms with Gasteiger partial charge in [0.15, 0.2) is 11.5 Å². The number of hydrogen-bond acceptors (Lipinski definition) is 7. The average molecular weight is 465 g/mol. The Morgan fingerprint density at radius 1 is 1.09 bits per heavy atom. The molecule has 2 aromatic carbocycles. The lowest BCUT2D eigenvalue weighted by Gasteiger charge is -2.32. The molecule has 1 fully saturated rings. The van der Waals surface area contributed by atoms with Gasteiger partial charge in [-0.2, -0.15) is 4.98 Å². The molecule has 2 heterocycles. The summed E-state index contributed by atoms with van der Waals surface area (Å²) in [6.45, 7) is 4.82. The highest BCUT2D eigenvalue weighted by Crippen LogP contribution is 2.28. The van der Waals surface area contributed by atoms with Crippen LogP contribution >= 0.6 is 0 Å². The van der Waals surface area contributed by atoms with E-state index in [1.807, 2.05) is 56.4 Å². The molecule has 0 atom stereocenters. The van der Waals surface area contributed by atoms with Crippen molar-refractivity contribution in [3.8, 4) is 22.9 Å². The van der Waals surface area contributed by atoms with E-state index >= 15 is 0 Å². The first-order valence-corrected chi connectivity index (χ1v) is 11.5. The van der Waals surface area contributed by atoms with Crippen molar-refractivity contribution in [1.82, 2.24) is 19.9 Å². The smallest absolute Gasteiger partial charge is 0.241 e. The fourth-order valence-corrected chi connectivity index (χ4v) is 4.31. The fourth-order valence-electron chi connectivity index (χ4n) is 4.31. The van der Waals surface area contributed by atoms with E-state index < -0.39 is 0 Å². The van der Waals surface area contributed by atoms with Crippen molar-refractivity contribution in [2.24, 2.45) is 5.92 Å². The number of aromatic nitrogens is 2. The Morgan fingerprint density at radius 2 is 1.79 bits per heavy atom. The number of methoxy groups -OCH3 is 2. The summed E-state index contributed by atoms with van der Waals surface area (Å²) in [6, 6.07) is 13.8. The van der Waals surface area contributed by atoms with Crippen LogP contribution in [0, 0.1) is 12.8 Å². The number of carbonyl (C=O) groups excluding carboxylic acids is 1. The minimum Gasteiger partial charge on any atom is -0.493 e. The topological polar surface area (TPSA) is 80.9 Å². The van der Waals surface area contributed by atoms with Crippen molar-refractivity contribution < 1.29 is 18.8 Å². The number of piperidine rings is 1. The van der Waals surface area contributed by atoms with E-state index in [-0.39, 0.29) is 11.8 Å². The van der Waals surface area contributed by atoms with Gasteiger partial charge < -0.3 is 18.9 Å². The normalized spacial score (nSPS) is 14.7. The third-order valence-electron chi connectivity index (χ3n) is 6.32. The van der Waals surface area contributed by atoms with Crippen LogP contribution in [-0.2, 0) is 17.9 Å². The Kier molecular flexibility index (Phi) is 7.47. The number of benzene rings is 2. The largest absolute Gasteiger partial charge is 0.493 e. The van der Waals surface area contributed by atoms with E-state index in [1.54, 1.807) is 19.1 Å². The zero-order chi connectivity index (χ0) is 24.1. The molecule has 4 rings (SSSR count). The molecule has 0 aliphatic carbocycles. The summed E-state index contributed by atoms with van der Waals surface area (Å²) in [4.78, 5) is 21.7. The molecule has 3 aromatic rings. The predicted octanol–water partition coefficient (Wildman–Crippen LogP) is 3.93. The number of ether oxygens (including phenoxy) is 2. The number of aryl methyl sites for hydroxylation is 1. The molecule has 1 saturated heterocycles. The molecule has 0 radical (unpaired) electrons. The summed E-state index contributed by atoms with van der Waals surface area (Å²) in [5.41, 5.74) is 3.15. The summed E-state index contributed by atoms with van der Waals surface area (Å²) in [6.07, 6.45) is 1.63. The number of likely N-dealkylation sites (tertiary alicyclic amines) is 1. The summed E-state index contributed by atoms with van der Waals surface area (Å²) in [5.74, 6) is 2.75. The molecular formula is C26H32N4O4. The fraction of sp³-hybridized carbons (Fsp3) is 0.423. The van der Waals surface area contributed by atoms with Crippen molar-refractivity contribution in [3.05, 3.63) is 59.5 Å². The van der Waals surface area contributed by atoms with E-state index in [0.717, 1.165) is 37.1 Å². The predicted molar refractivity (Wildman–Crippen MR) is 128 cm³/mol. The molecule has 8 nitrogen and oxygen atoms in total. The molecule has 0 bridgehead atoms. The molecule has 34 heavy (non-hydrogen) atoms. The second-order valence-corrected chi connectivity index (χ2v) is 8.81. The third-order valence-corrected chi connectivity index (χ3v) is 6.32. The van der Waals surface area contributed by atoms with Gasteiger partial charge >= 0.3 is 0 Å². The molecule has 0 spiro atoms. The Balaban J connectivity index is 1.28. The molecule has 0 unspecified atom stereocenters. The molecule has 1 aliphatic rings. The average Bonchev–Trinajstić information content (AvgIpc) is 3.32. The Morgan fingerprint density at radius 3 is 2.47 bits per heavy atom. The zero-order valence-electron chi connectivity index (χ0n) is 20.3. The summed E-state index contributed by atoms with van der Waals surface area (Å²) >= 11 is 0. The van der Waals surface area contributed by atoms with E-state index in [9.17, 15) is 4.79 Å². The molecule has 180 valence electrons. The van der Waals surface area contributed by atoms with E-state index in [1.165, 1.54) is 5.56 Å². The minimum absolute atomic E-state index is 0.0206. The molecule has 1 aromatic heterocycles. The van der Waals surface area contributed by atoms with Gasteiger partial charge in [-0.25, -0.2) is 0 Å². The highest BCUT2D eigenvalue weighted by atomic mass is 16.5. The van der Waals surface area contributed by atoms with Gasteiger partial charge in [0.1, 0.15) is 0 Å². The molecule has 8 heteroatoms. The van der Waals surface area contributed by atoms with Crippen LogP contribution < -0.4 is 9.47 Å². The summed E-state index contributed by atoms with van der Waals surface area (Å²) < 4.78 is 16.1. The van der Waals surface area contributed by atoms with Crippen molar-refractivity contribution in [1.29, 1.82) is 0 Å². The van der Waals surface area contributed by atoms with Crippen molar-refractivity contribution in [3.63, 3.8) is 0 Å². The number of nitrogens with zero attached hydrogens (tertiary/aromatic N) is 4. The molecular weight excluding hydrogens is 432 g/mol. The Bertz CT molecular complexity index is 1100. The van der Waals surface area contributed by atoms with Gasteiger partial charge in [0, 0.05) is 25.1 Å². The number of amides is 1. The Hall–Kier alpha value is -3.39. The SMILES string of the molecule is COc1ccc(CN(C)C(=O)C2CCN(Cc3nc(-c4ccc(C)cc4)no3)CC2)cc1OC. The molecule has 1 amide bonds. The van der Waals surface area contributed by atoms with Gasteiger partial charge in [0.25, 0.3) is 0 Å². The van der Waals surface area contributed by atoms with Crippen LogP contribution in [0.2, 0.25) is 0 Å². The van der Waals surface area contributed by atoms with Gasteiger partial charge in [-0.1, -0.05) is 41.1 Å². The third kappa shape index (κ3) is 5.56. The van der Waals surface area contributed by atoms with E-state index in [0.29, 0.717) is 36.3 Å². The minimum atomic E-state index is 0.0206. The van der Waals surface area contributed by atoms with Crippen LogP contribution in [0.5, 0.6) is 11.5 Å². The first-order valence-electron chi connectivity index (χ1n) is 11.5. The first kappa shape index (κ1) is 23.8. The summed E-state index contributed by atoms with van der Waals surface area (Å²) in [5, 5.41) is 4.12. The van der Waals surface area contributed by atoms with Crippen molar-refractivity contribution >= 4 is 5.91 Å². The Labute approximate surface area is 200 Å². The second-order valence-electron chi connectivity index (χ2n) is 8.81. The van der Waals surface area contributed by atoms with E-state index in [4.69, 9.17) is 14.0 Å². The van der Waals surface area contributed by atoms with Gasteiger partial charge in [0.05, 0.1) is 20.8 Å². The maximum absolute atomic E-state index is 13.0. The monoisotopic (exact) mass is 464 g/mol. The molecule has 1 aliphatic heterocycles. The van der Waals surface area contributed by atoms with Gasteiger partial charge in [0.2, 0.25) is 17.6 Å². The van der Waals surface area contributed by atoms with Gasteiger partial charge in [-0.15, -0.1) is 0 Å². The standard InChI is InChI=1S/C26H32N4O4/c1-18-5-8-20(9-6-18)25-27-24(34-28-25)17-30-13-11-21(12-14-30)26(31)29(2)16-19-7-10-22(32-3)23(15-19)33-4/h5-10,15,21H,11-14,16-17H2,1-4H3. The van der Waals surface area contributed by atoms with Gasteiger partial charge in [-0.3, -0.25) is 9.69 Å². The maximum atomic E-state index is 13.0. The summed E-state index contributed by atoms with van der Waals surface area (Å²) in [7, 11) is 5.08. The van der Waals surface area contributed by atoms with E-state index in [2.05, 4.69) is 15.0 Å². The molecule has 0 N–H and O–H groups in total. The lowest BCUT2D eigenvalue weighted by atomic mass is 9.95. The number of carbonyl (C=O) groups is 1. The van der Waals surface area contributed by atoms with Crippen molar-refractivity contribution in [2.45, 2.75) is 32.9 Å². The second kappa shape index (κ2) is 10.7. The number of hydrogen-bond donors (Lipinski definition) is 0. The highest BCUT2D eigenvalue weighted by Gasteiger charge is 2.28. The van der Waals surface area contributed by atoms with Gasteiger partial charge in [-0.05, 0) is 50.6 Å². The highest BCUT2D eigenvalue weighted by molar-refractivity contribution is 5.78. The lowest BCUT2D eigenvalue weighted by molar-refractivity contribution is -0.136. The first-order chi connectivity index (χ1) is 16.5.